The van der Waals surface area contributed by atoms with Crippen molar-refractivity contribution in [3.05, 3.63) is 23.8 Å². The largest absolute Gasteiger partial charge is 0.488 e. The number of carbonyl (C=O) groups excluding carboxylic acids is 1. The van der Waals surface area contributed by atoms with Crippen molar-refractivity contribution in [1.82, 2.24) is 10.2 Å². The summed E-state index contributed by atoms with van der Waals surface area (Å²) in [7, 11) is 3.84. The molecule has 0 atom stereocenters. The molecule has 0 spiro atoms. The van der Waals surface area contributed by atoms with E-state index < -0.39 is 17.4 Å². The molecule has 0 aliphatic carbocycles. The van der Waals surface area contributed by atoms with E-state index in [4.69, 9.17) is 4.74 Å². The molecule has 0 saturated carbocycles. The zero-order valence-corrected chi connectivity index (χ0v) is 15.4. The van der Waals surface area contributed by atoms with E-state index in [1.54, 1.807) is 0 Å². The minimum atomic E-state index is -0.805. The summed E-state index contributed by atoms with van der Waals surface area (Å²) in [4.78, 5) is 14.1. The number of ether oxygens (including phenoxy) is 1. The molecular formula is C17H26ClF2N3O2. The third kappa shape index (κ3) is 6.76. The van der Waals surface area contributed by atoms with Gasteiger partial charge in [0.05, 0.1) is 6.61 Å². The van der Waals surface area contributed by atoms with Crippen LogP contribution in [0.3, 0.4) is 0 Å². The van der Waals surface area contributed by atoms with Gasteiger partial charge in [-0.25, -0.2) is 8.78 Å². The van der Waals surface area contributed by atoms with Gasteiger partial charge in [0.25, 0.3) is 0 Å². The summed E-state index contributed by atoms with van der Waals surface area (Å²) in [5, 5.41) is 5.76. The highest BCUT2D eigenvalue weighted by atomic mass is 35.5. The molecular weight excluding hydrogens is 352 g/mol. The lowest BCUT2D eigenvalue weighted by Gasteiger charge is -2.22. The highest BCUT2D eigenvalue weighted by Crippen LogP contribution is 2.26. The molecule has 2 N–H and O–H groups in total. The first kappa shape index (κ1) is 21.6. The lowest BCUT2D eigenvalue weighted by molar-refractivity contribution is -0.120. The number of nitrogens with zero attached hydrogens (tertiary/aromatic N) is 1. The van der Waals surface area contributed by atoms with Crippen LogP contribution < -0.4 is 15.4 Å². The van der Waals surface area contributed by atoms with Crippen molar-refractivity contribution in [3.8, 4) is 5.75 Å². The number of carbonyl (C=O) groups is 1. The van der Waals surface area contributed by atoms with E-state index in [1.165, 1.54) is 0 Å². The predicted molar refractivity (Wildman–Crippen MR) is 96.5 cm³/mol. The van der Waals surface area contributed by atoms with Gasteiger partial charge in [0, 0.05) is 30.3 Å². The summed E-state index contributed by atoms with van der Waals surface area (Å²) in [5.41, 5.74) is 0.120. The fraction of sp³-hybridized carbons (Fsp3) is 0.588. The third-order valence-electron chi connectivity index (χ3n) is 3.97. The molecule has 142 valence electrons. The van der Waals surface area contributed by atoms with Crippen LogP contribution in [0.2, 0.25) is 0 Å². The molecule has 1 aromatic carbocycles. The first-order valence-corrected chi connectivity index (χ1v) is 8.25. The van der Waals surface area contributed by atoms with Gasteiger partial charge >= 0.3 is 0 Å². The number of nitrogens with one attached hydrogen (secondary N) is 2. The van der Waals surface area contributed by atoms with Crippen molar-refractivity contribution in [2.75, 3.05) is 45.7 Å². The third-order valence-corrected chi connectivity index (χ3v) is 3.97. The second kappa shape index (κ2) is 10.5. The van der Waals surface area contributed by atoms with Crippen LogP contribution >= 0.6 is 12.4 Å². The van der Waals surface area contributed by atoms with Crippen molar-refractivity contribution in [2.24, 2.45) is 5.92 Å². The first-order valence-electron chi connectivity index (χ1n) is 8.25. The van der Waals surface area contributed by atoms with E-state index in [2.05, 4.69) is 10.6 Å². The minimum Gasteiger partial charge on any atom is -0.488 e. The predicted octanol–water partition coefficient (Wildman–Crippen LogP) is 2.66. The molecule has 0 aromatic heterocycles. The van der Waals surface area contributed by atoms with Gasteiger partial charge in [-0.05, 0) is 46.4 Å². The van der Waals surface area contributed by atoms with Crippen molar-refractivity contribution < 1.29 is 18.3 Å². The topological polar surface area (TPSA) is 53.6 Å². The van der Waals surface area contributed by atoms with Crippen LogP contribution in [-0.2, 0) is 4.79 Å². The minimum absolute atomic E-state index is 0. The summed E-state index contributed by atoms with van der Waals surface area (Å²) < 4.78 is 33.3. The molecule has 1 aliphatic heterocycles. The Bertz CT molecular complexity index is 544. The Labute approximate surface area is 153 Å². The Morgan fingerprint density at radius 3 is 2.44 bits per heavy atom. The Balaban J connectivity index is 0.00000312. The Kier molecular flexibility index (Phi) is 9.10. The van der Waals surface area contributed by atoms with E-state index in [0.29, 0.717) is 6.42 Å². The number of amides is 1. The maximum Gasteiger partial charge on any atom is 0.227 e. The smallest absolute Gasteiger partial charge is 0.227 e. The van der Waals surface area contributed by atoms with E-state index in [0.717, 1.165) is 44.6 Å². The number of hydrogen-bond donors (Lipinski definition) is 2. The van der Waals surface area contributed by atoms with Gasteiger partial charge in [-0.3, -0.25) is 4.79 Å². The van der Waals surface area contributed by atoms with E-state index in [1.807, 2.05) is 19.0 Å². The molecule has 0 bridgehead atoms. The summed E-state index contributed by atoms with van der Waals surface area (Å²) >= 11 is 0. The quantitative estimate of drug-likeness (QED) is 0.717. The van der Waals surface area contributed by atoms with Crippen molar-refractivity contribution in [3.63, 3.8) is 0 Å². The number of hydrogen-bond acceptors (Lipinski definition) is 4. The number of halogens is 3. The molecule has 1 heterocycles. The average molecular weight is 378 g/mol. The van der Waals surface area contributed by atoms with Crippen molar-refractivity contribution >= 4 is 24.0 Å². The van der Waals surface area contributed by atoms with Crippen LogP contribution in [0.15, 0.2) is 12.1 Å². The maximum atomic E-state index is 14.1. The van der Waals surface area contributed by atoms with Gasteiger partial charge in [0.2, 0.25) is 5.91 Å². The fourth-order valence-electron chi connectivity index (χ4n) is 2.65. The molecule has 1 aliphatic rings. The number of anilines is 1. The number of rotatable bonds is 7. The Morgan fingerprint density at radius 2 is 1.88 bits per heavy atom. The molecule has 8 heteroatoms. The zero-order valence-electron chi connectivity index (χ0n) is 14.6. The zero-order chi connectivity index (χ0) is 17.5. The first-order chi connectivity index (χ1) is 11.5. The monoisotopic (exact) mass is 377 g/mol. The Hall–Kier alpha value is -1.44. The highest BCUT2D eigenvalue weighted by molar-refractivity contribution is 5.92. The normalized spacial score (nSPS) is 14.9. The molecule has 1 fully saturated rings. The van der Waals surface area contributed by atoms with E-state index in [-0.39, 0.29) is 36.5 Å². The number of benzene rings is 1. The van der Waals surface area contributed by atoms with E-state index >= 15 is 0 Å². The lowest BCUT2D eigenvalue weighted by atomic mass is 9.97. The fourth-order valence-corrected chi connectivity index (χ4v) is 2.65. The van der Waals surface area contributed by atoms with Gasteiger partial charge in [-0.15, -0.1) is 12.4 Å². The van der Waals surface area contributed by atoms with Gasteiger partial charge in [-0.2, -0.15) is 0 Å². The van der Waals surface area contributed by atoms with Gasteiger partial charge in [0.15, 0.2) is 17.4 Å². The van der Waals surface area contributed by atoms with Gasteiger partial charge in [-0.1, -0.05) is 0 Å². The Morgan fingerprint density at radius 1 is 1.28 bits per heavy atom. The van der Waals surface area contributed by atoms with Gasteiger partial charge in [0.1, 0.15) is 0 Å². The van der Waals surface area contributed by atoms with Crippen LogP contribution in [0.25, 0.3) is 0 Å². The van der Waals surface area contributed by atoms with Crippen LogP contribution in [0.4, 0.5) is 14.5 Å². The number of piperidine rings is 1. The average Bonchev–Trinajstić information content (AvgIpc) is 2.54. The summed E-state index contributed by atoms with van der Waals surface area (Å²) in [5.74, 6) is -2.33. The summed E-state index contributed by atoms with van der Waals surface area (Å²) in [6.45, 7) is 2.56. The SMILES string of the molecule is CN(C)CCCOc1c(F)cc(NC(=O)C2CCNCC2)cc1F.Cl. The van der Waals surface area contributed by atoms with Crippen molar-refractivity contribution in [1.29, 1.82) is 0 Å². The molecule has 1 aromatic rings. The van der Waals surface area contributed by atoms with Crippen LogP contribution in [0.1, 0.15) is 19.3 Å². The van der Waals surface area contributed by atoms with Crippen molar-refractivity contribution in [2.45, 2.75) is 19.3 Å². The highest BCUT2D eigenvalue weighted by Gasteiger charge is 2.22. The molecule has 0 unspecified atom stereocenters. The summed E-state index contributed by atoms with van der Waals surface area (Å²) in [6, 6.07) is 2.20. The standard InChI is InChI=1S/C17H25F2N3O2.ClH/c1-22(2)8-3-9-24-16-14(18)10-13(11-15(16)19)21-17(23)12-4-6-20-7-5-12;/h10-12,20H,3-9H2,1-2H3,(H,21,23);1H. The second-order valence-corrected chi connectivity index (χ2v) is 6.29. The molecule has 5 nitrogen and oxygen atoms in total. The molecule has 1 amide bonds. The molecule has 25 heavy (non-hydrogen) atoms. The molecule has 2 rings (SSSR count). The van der Waals surface area contributed by atoms with Crippen LogP contribution in [0, 0.1) is 17.6 Å². The van der Waals surface area contributed by atoms with Crippen LogP contribution in [0.5, 0.6) is 5.75 Å². The maximum absolute atomic E-state index is 14.1. The van der Waals surface area contributed by atoms with Crippen LogP contribution in [-0.4, -0.2) is 51.1 Å². The van der Waals surface area contributed by atoms with Gasteiger partial charge < -0.3 is 20.3 Å². The second-order valence-electron chi connectivity index (χ2n) is 6.29. The molecule has 0 radical (unpaired) electrons. The summed E-state index contributed by atoms with van der Waals surface area (Å²) in [6.07, 6.45) is 2.12. The lowest BCUT2D eigenvalue weighted by Crippen LogP contribution is -2.34. The molecule has 1 saturated heterocycles. The van der Waals surface area contributed by atoms with E-state index in [9.17, 15) is 13.6 Å².